The third-order valence-corrected chi connectivity index (χ3v) is 1.93. The molecule has 0 atom stereocenters. The number of rotatable bonds is 2. The van der Waals surface area contributed by atoms with E-state index in [0.29, 0.717) is 16.8 Å². The van der Waals surface area contributed by atoms with Crippen LogP contribution >= 0.6 is 11.6 Å². The van der Waals surface area contributed by atoms with E-state index >= 15 is 0 Å². The Morgan fingerprint density at radius 1 is 1.43 bits per heavy atom. The second-order valence-electron chi connectivity index (χ2n) is 2.93. The van der Waals surface area contributed by atoms with Crippen LogP contribution in [0.2, 0.25) is 5.02 Å². The van der Waals surface area contributed by atoms with Crippen molar-refractivity contribution in [3.63, 3.8) is 0 Å². The van der Waals surface area contributed by atoms with Crippen molar-refractivity contribution in [3.05, 3.63) is 41.2 Å². The molecule has 0 radical (unpaired) electrons. The SMILES string of the molecule is Cc1cnc(Oc2cccc(Cl)c2)[nH]1. The molecule has 1 aromatic heterocycles. The van der Waals surface area contributed by atoms with Gasteiger partial charge in [0.1, 0.15) is 5.75 Å². The lowest BCUT2D eigenvalue weighted by Gasteiger charge is -2.01. The van der Waals surface area contributed by atoms with E-state index in [2.05, 4.69) is 9.97 Å². The molecular formula is C10H9ClN2O. The number of aryl methyl sites for hydroxylation is 1. The summed E-state index contributed by atoms with van der Waals surface area (Å²) in [6, 6.07) is 7.66. The summed E-state index contributed by atoms with van der Waals surface area (Å²) in [5.41, 5.74) is 0.960. The first-order valence-corrected chi connectivity index (χ1v) is 4.57. The average Bonchev–Trinajstić information content (AvgIpc) is 2.51. The van der Waals surface area contributed by atoms with Crippen LogP contribution in [0.25, 0.3) is 0 Å². The maximum Gasteiger partial charge on any atom is 0.299 e. The summed E-state index contributed by atoms with van der Waals surface area (Å²) < 4.78 is 5.43. The molecule has 72 valence electrons. The van der Waals surface area contributed by atoms with Gasteiger partial charge in [0.2, 0.25) is 0 Å². The lowest BCUT2D eigenvalue weighted by atomic mass is 10.3. The zero-order chi connectivity index (χ0) is 9.97. The molecule has 0 saturated heterocycles. The monoisotopic (exact) mass is 208 g/mol. The standard InChI is InChI=1S/C10H9ClN2O/c1-7-6-12-10(13-7)14-9-4-2-3-8(11)5-9/h2-6H,1H3,(H,12,13). The molecule has 1 aromatic carbocycles. The molecule has 0 bridgehead atoms. The number of ether oxygens (including phenoxy) is 1. The highest BCUT2D eigenvalue weighted by molar-refractivity contribution is 6.30. The molecule has 0 saturated carbocycles. The molecule has 1 heterocycles. The number of aromatic nitrogens is 2. The van der Waals surface area contributed by atoms with E-state index in [9.17, 15) is 0 Å². The Morgan fingerprint density at radius 2 is 2.29 bits per heavy atom. The van der Waals surface area contributed by atoms with E-state index in [1.165, 1.54) is 0 Å². The zero-order valence-electron chi connectivity index (χ0n) is 7.62. The minimum Gasteiger partial charge on any atom is -0.426 e. The van der Waals surface area contributed by atoms with Gasteiger partial charge in [-0.2, -0.15) is 0 Å². The van der Waals surface area contributed by atoms with E-state index in [4.69, 9.17) is 16.3 Å². The number of halogens is 1. The van der Waals surface area contributed by atoms with Gasteiger partial charge in [0.05, 0.1) is 6.20 Å². The van der Waals surface area contributed by atoms with Crippen molar-refractivity contribution >= 4 is 11.6 Å². The molecule has 14 heavy (non-hydrogen) atoms. The van der Waals surface area contributed by atoms with Gasteiger partial charge in [-0.1, -0.05) is 17.7 Å². The van der Waals surface area contributed by atoms with Crippen LogP contribution in [0, 0.1) is 6.92 Å². The topological polar surface area (TPSA) is 37.9 Å². The van der Waals surface area contributed by atoms with Gasteiger partial charge in [-0.05, 0) is 25.1 Å². The Kier molecular flexibility index (Phi) is 2.41. The van der Waals surface area contributed by atoms with E-state index in [1.807, 2.05) is 19.1 Å². The van der Waals surface area contributed by atoms with Crippen LogP contribution in [0.15, 0.2) is 30.5 Å². The van der Waals surface area contributed by atoms with Gasteiger partial charge in [-0.25, -0.2) is 4.98 Å². The van der Waals surface area contributed by atoms with Gasteiger partial charge < -0.3 is 9.72 Å². The Bertz CT molecular complexity index is 439. The van der Waals surface area contributed by atoms with Crippen molar-refractivity contribution in [1.29, 1.82) is 0 Å². The Labute approximate surface area is 86.7 Å². The van der Waals surface area contributed by atoms with Gasteiger partial charge in [0, 0.05) is 10.7 Å². The molecule has 0 fully saturated rings. The summed E-state index contributed by atoms with van der Waals surface area (Å²) >= 11 is 5.81. The average molecular weight is 209 g/mol. The third kappa shape index (κ3) is 2.06. The minimum atomic E-state index is 0.477. The van der Waals surface area contributed by atoms with Gasteiger partial charge in [0.25, 0.3) is 6.01 Å². The van der Waals surface area contributed by atoms with E-state index in [0.717, 1.165) is 5.69 Å². The fraction of sp³-hybridized carbons (Fsp3) is 0.100. The molecule has 2 aromatic rings. The fourth-order valence-corrected chi connectivity index (χ4v) is 1.26. The summed E-state index contributed by atoms with van der Waals surface area (Å²) in [7, 11) is 0. The number of benzene rings is 1. The number of hydrogen-bond acceptors (Lipinski definition) is 2. The number of hydrogen-bond donors (Lipinski definition) is 1. The predicted molar refractivity (Wildman–Crippen MR) is 54.9 cm³/mol. The van der Waals surface area contributed by atoms with Crippen molar-refractivity contribution in [1.82, 2.24) is 9.97 Å². The van der Waals surface area contributed by atoms with E-state index in [-0.39, 0.29) is 0 Å². The highest BCUT2D eigenvalue weighted by atomic mass is 35.5. The van der Waals surface area contributed by atoms with Crippen LogP contribution in [-0.2, 0) is 0 Å². The van der Waals surface area contributed by atoms with Crippen molar-refractivity contribution in [2.45, 2.75) is 6.92 Å². The molecule has 1 N–H and O–H groups in total. The molecule has 4 heteroatoms. The van der Waals surface area contributed by atoms with Crippen molar-refractivity contribution < 1.29 is 4.74 Å². The van der Waals surface area contributed by atoms with Crippen molar-refractivity contribution in [3.8, 4) is 11.8 Å². The lowest BCUT2D eigenvalue weighted by Crippen LogP contribution is -1.85. The minimum absolute atomic E-state index is 0.477. The first-order chi connectivity index (χ1) is 6.74. The van der Waals surface area contributed by atoms with Gasteiger partial charge in [-0.3, -0.25) is 0 Å². The maximum atomic E-state index is 5.81. The van der Waals surface area contributed by atoms with Crippen LogP contribution in [-0.4, -0.2) is 9.97 Å². The maximum absolute atomic E-state index is 5.81. The largest absolute Gasteiger partial charge is 0.426 e. The first-order valence-electron chi connectivity index (χ1n) is 4.19. The van der Waals surface area contributed by atoms with Crippen molar-refractivity contribution in [2.24, 2.45) is 0 Å². The fourth-order valence-electron chi connectivity index (χ4n) is 1.08. The highest BCUT2D eigenvalue weighted by Crippen LogP contribution is 2.21. The van der Waals surface area contributed by atoms with Crippen LogP contribution in [0.3, 0.4) is 0 Å². The molecule has 0 aliphatic carbocycles. The summed E-state index contributed by atoms with van der Waals surface area (Å²) in [6.07, 6.45) is 1.71. The number of imidazole rings is 1. The van der Waals surface area contributed by atoms with Crippen LogP contribution in [0.4, 0.5) is 0 Å². The first kappa shape index (κ1) is 9.09. The number of nitrogens with one attached hydrogen (secondary N) is 1. The molecule has 3 nitrogen and oxygen atoms in total. The Hall–Kier alpha value is -1.48. The third-order valence-electron chi connectivity index (χ3n) is 1.69. The second kappa shape index (κ2) is 3.72. The van der Waals surface area contributed by atoms with E-state index in [1.54, 1.807) is 18.3 Å². The van der Waals surface area contributed by atoms with Crippen LogP contribution in [0.5, 0.6) is 11.8 Å². The van der Waals surface area contributed by atoms with Gasteiger partial charge in [0.15, 0.2) is 0 Å². The van der Waals surface area contributed by atoms with Gasteiger partial charge >= 0.3 is 0 Å². The van der Waals surface area contributed by atoms with E-state index < -0.39 is 0 Å². The quantitative estimate of drug-likeness (QED) is 0.823. The van der Waals surface area contributed by atoms with Gasteiger partial charge in [-0.15, -0.1) is 0 Å². The number of nitrogens with zero attached hydrogens (tertiary/aromatic N) is 1. The smallest absolute Gasteiger partial charge is 0.299 e. The lowest BCUT2D eigenvalue weighted by molar-refractivity contribution is 0.447. The molecule has 0 aliphatic rings. The molecular weight excluding hydrogens is 200 g/mol. The van der Waals surface area contributed by atoms with Crippen molar-refractivity contribution in [2.75, 3.05) is 0 Å². The summed E-state index contributed by atoms with van der Waals surface area (Å²) in [6.45, 7) is 1.91. The van der Waals surface area contributed by atoms with Crippen LogP contribution < -0.4 is 4.74 Å². The summed E-state index contributed by atoms with van der Waals surface area (Å²) in [4.78, 5) is 6.99. The Balaban J connectivity index is 2.18. The predicted octanol–water partition coefficient (Wildman–Crippen LogP) is 3.16. The molecule has 0 aliphatic heterocycles. The number of aromatic amines is 1. The summed E-state index contributed by atoms with van der Waals surface area (Å²) in [5.74, 6) is 0.673. The molecule has 0 unspecified atom stereocenters. The highest BCUT2D eigenvalue weighted by Gasteiger charge is 2.00. The molecule has 0 spiro atoms. The second-order valence-corrected chi connectivity index (χ2v) is 3.37. The summed E-state index contributed by atoms with van der Waals surface area (Å²) in [5, 5.41) is 0.644. The normalized spacial score (nSPS) is 10.1. The zero-order valence-corrected chi connectivity index (χ0v) is 8.38. The number of H-pyrrole nitrogens is 1. The Morgan fingerprint density at radius 3 is 2.93 bits per heavy atom. The molecule has 2 rings (SSSR count). The van der Waals surface area contributed by atoms with Crippen LogP contribution in [0.1, 0.15) is 5.69 Å². The molecule has 0 amide bonds.